The second kappa shape index (κ2) is 10.2. The van der Waals surface area contributed by atoms with Crippen LogP contribution in [0.25, 0.3) is 11.1 Å². The lowest BCUT2D eigenvalue weighted by atomic mass is 9.99. The van der Waals surface area contributed by atoms with Crippen LogP contribution in [0.3, 0.4) is 0 Å². The second-order valence-corrected chi connectivity index (χ2v) is 8.89. The van der Waals surface area contributed by atoms with Gasteiger partial charge in [0.25, 0.3) is 0 Å². The molecule has 0 unspecified atom stereocenters. The molecule has 7 nitrogen and oxygen atoms in total. The summed E-state index contributed by atoms with van der Waals surface area (Å²) in [6.45, 7) is 7.00. The number of hydrogen-bond acceptors (Lipinski definition) is 5. The van der Waals surface area contributed by atoms with Crippen LogP contribution in [0.2, 0.25) is 0 Å². The average molecular weight is 437 g/mol. The molecule has 7 heteroatoms. The van der Waals surface area contributed by atoms with E-state index in [9.17, 15) is 9.59 Å². The van der Waals surface area contributed by atoms with Gasteiger partial charge in [-0.3, -0.25) is 14.6 Å². The highest BCUT2D eigenvalue weighted by molar-refractivity contribution is 5.94. The van der Waals surface area contributed by atoms with Crippen molar-refractivity contribution >= 4 is 11.8 Å². The first kappa shape index (κ1) is 22.4. The van der Waals surface area contributed by atoms with Crippen molar-refractivity contribution < 1.29 is 14.3 Å². The van der Waals surface area contributed by atoms with Crippen molar-refractivity contribution in [2.75, 3.05) is 39.3 Å². The average Bonchev–Trinajstić information content (AvgIpc) is 2.84. The predicted octanol–water partition coefficient (Wildman–Crippen LogP) is 2.87. The second-order valence-electron chi connectivity index (χ2n) is 8.89. The van der Waals surface area contributed by atoms with E-state index in [-0.39, 0.29) is 12.0 Å². The first-order chi connectivity index (χ1) is 15.5. The lowest BCUT2D eigenvalue weighted by Gasteiger charge is -2.34. The molecule has 0 aliphatic carbocycles. The van der Waals surface area contributed by atoms with Crippen LogP contribution in [-0.2, 0) is 9.53 Å². The number of rotatable bonds is 6. The van der Waals surface area contributed by atoms with Gasteiger partial charge in [-0.1, -0.05) is 25.1 Å². The number of likely N-dealkylation sites (tertiary alicyclic amines) is 1. The number of morpholine rings is 1. The summed E-state index contributed by atoms with van der Waals surface area (Å²) in [7, 11) is 0. The molecule has 4 rings (SSSR count). The number of ether oxygens (including phenoxy) is 1. The van der Waals surface area contributed by atoms with Gasteiger partial charge in [0, 0.05) is 36.8 Å². The number of carbonyl (C=O) groups is 2. The maximum Gasteiger partial charge on any atom is 0.248 e. The maximum absolute atomic E-state index is 12.8. The standard InChI is InChI=1S/C25H32N4O3/c1-18-7-10-28(11-8-18)12-9-24(30)29-13-14-32-23(17-29)22-6-5-21(16-27-22)19-3-2-4-20(15-19)25(26)31/h2-6,15-16,18,23H,7-14,17H2,1H3,(H2,26,31)/t23-/m0/s1. The zero-order valence-corrected chi connectivity index (χ0v) is 18.7. The summed E-state index contributed by atoms with van der Waals surface area (Å²) in [4.78, 5) is 33.1. The molecule has 32 heavy (non-hydrogen) atoms. The van der Waals surface area contributed by atoms with E-state index in [1.165, 1.54) is 12.8 Å². The Hall–Kier alpha value is -2.77. The number of nitrogens with two attached hydrogens (primary N) is 1. The molecule has 1 atom stereocenters. The van der Waals surface area contributed by atoms with E-state index in [2.05, 4.69) is 16.8 Å². The molecule has 0 spiro atoms. The van der Waals surface area contributed by atoms with Crippen molar-refractivity contribution in [2.24, 2.45) is 11.7 Å². The van der Waals surface area contributed by atoms with E-state index < -0.39 is 5.91 Å². The van der Waals surface area contributed by atoms with Crippen molar-refractivity contribution in [3.05, 3.63) is 53.9 Å². The predicted molar refractivity (Wildman–Crippen MR) is 123 cm³/mol. The van der Waals surface area contributed by atoms with Crippen LogP contribution in [0.5, 0.6) is 0 Å². The van der Waals surface area contributed by atoms with Crippen LogP contribution in [0, 0.1) is 5.92 Å². The number of nitrogens with zero attached hydrogens (tertiary/aromatic N) is 3. The highest BCUT2D eigenvalue weighted by Gasteiger charge is 2.27. The zero-order valence-electron chi connectivity index (χ0n) is 18.7. The first-order valence-corrected chi connectivity index (χ1v) is 11.5. The number of primary amides is 1. The Morgan fingerprint density at radius 3 is 2.66 bits per heavy atom. The van der Waals surface area contributed by atoms with Crippen molar-refractivity contribution in [1.29, 1.82) is 0 Å². The van der Waals surface area contributed by atoms with Gasteiger partial charge >= 0.3 is 0 Å². The minimum atomic E-state index is -0.452. The minimum absolute atomic E-state index is 0.191. The third-order valence-corrected chi connectivity index (χ3v) is 6.53. The molecule has 2 amide bonds. The monoisotopic (exact) mass is 436 g/mol. The summed E-state index contributed by atoms with van der Waals surface area (Å²) < 4.78 is 5.92. The van der Waals surface area contributed by atoms with E-state index in [0.29, 0.717) is 31.7 Å². The van der Waals surface area contributed by atoms with Gasteiger partial charge in [-0.2, -0.15) is 0 Å². The highest BCUT2D eigenvalue weighted by atomic mass is 16.5. The molecule has 0 radical (unpaired) electrons. The van der Waals surface area contributed by atoms with Crippen LogP contribution in [0.15, 0.2) is 42.6 Å². The summed E-state index contributed by atoms with van der Waals surface area (Å²) in [6.07, 6.45) is 4.56. The Kier molecular flexibility index (Phi) is 7.17. The molecular weight excluding hydrogens is 404 g/mol. The maximum atomic E-state index is 12.8. The first-order valence-electron chi connectivity index (χ1n) is 11.5. The Labute approximate surface area is 189 Å². The number of amides is 2. The van der Waals surface area contributed by atoms with E-state index >= 15 is 0 Å². The van der Waals surface area contributed by atoms with Gasteiger partial charge in [0.2, 0.25) is 11.8 Å². The summed E-state index contributed by atoms with van der Waals surface area (Å²) in [6, 6.07) is 11.1. The molecule has 2 saturated heterocycles. The largest absolute Gasteiger partial charge is 0.368 e. The fraction of sp³-hybridized carbons (Fsp3) is 0.480. The number of hydrogen-bond donors (Lipinski definition) is 1. The van der Waals surface area contributed by atoms with Crippen molar-refractivity contribution in [1.82, 2.24) is 14.8 Å². The molecule has 2 aliphatic heterocycles. The molecule has 1 aromatic heterocycles. The molecule has 0 bridgehead atoms. The fourth-order valence-corrected chi connectivity index (χ4v) is 4.37. The quantitative estimate of drug-likeness (QED) is 0.752. The molecule has 2 aromatic rings. The summed E-state index contributed by atoms with van der Waals surface area (Å²) in [5.41, 5.74) is 8.44. The van der Waals surface area contributed by atoms with Gasteiger partial charge in [-0.25, -0.2) is 0 Å². The molecule has 2 aliphatic rings. The third-order valence-electron chi connectivity index (χ3n) is 6.53. The summed E-state index contributed by atoms with van der Waals surface area (Å²) in [5.74, 6) is 0.538. The third kappa shape index (κ3) is 5.53. The van der Waals surface area contributed by atoms with Gasteiger partial charge in [-0.05, 0) is 55.6 Å². The fourth-order valence-electron chi connectivity index (χ4n) is 4.37. The topological polar surface area (TPSA) is 88.8 Å². The SMILES string of the molecule is CC1CCN(CCC(=O)N2CCO[C@H](c3ccc(-c4cccc(C(N)=O)c4)cn3)C2)CC1. The van der Waals surface area contributed by atoms with Crippen LogP contribution in [-0.4, -0.2) is 65.9 Å². The number of aromatic nitrogens is 1. The van der Waals surface area contributed by atoms with Crippen LogP contribution < -0.4 is 5.73 Å². The highest BCUT2D eigenvalue weighted by Crippen LogP contribution is 2.25. The Morgan fingerprint density at radius 2 is 1.94 bits per heavy atom. The summed E-state index contributed by atoms with van der Waals surface area (Å²) >= 11 is 0. The normalized spacial score (nSPS) is 20.3. The van der Waals surface area contributed by atoms with Crippen LogP contribution in [0.1, 0.15) is 48.3 Å². The van der Waals surface area contributed by atoms with E-state index in [4.69, 9.17) is 10.5 Å². The molecule has 170 valence electrons. The van der Waals surface area contributed by atoms with E-state index in [0.717, 1.165) is 42.4 Å². The Bertz CT molecular complexity index is 938. The Balaban J connectivity index is 1.34. The number of piperidine rings is 1. The van der Waals surface area contributed by atoms with Crippen molar-refractivity contribution in [3.8, 4) is 11.1 Å². The lowest BCUT2D eigenvalue weighted by Crippen LogP contribution is -2.44. The van der Waals surface area contributed by atoms with Crippen LogP contribution in [0.4, 0.5) is 0 Å². The number of carbonyl (C=O) groups excluding carboxylic acids is 2. The van der Waals surface area contributed by atoms with Gasteiger partial charge in [0.15, 0.2) is 0 Å². The van der Waals surface area contributed by atoms with Crippen LogP contribution >= 0.6 is 0 Å². The van der Waals surface area contributed by atoms with Crippen molar-refractivity contribution in [2.45, 2.75) is 32.3 Å². The van der Waals surface area contributed by atoms with Gasteiger partial charge in [-0.15, -0.1) is 0 Å². The lowest BCUT2D eigenvalue weighted by molar-refractivity contribution is -0.139. The number of pyridine rings is 1. The van der Waals surface area contributed by atoms with Crippen molar-refractivity contribution in [3.63, 3.8) is 0 Å². The molecule has 0 saturated carbocycles. The molecule has 2 fully saturated rings. The molecule has 2 N–H and O–H groups in total. The molecule has 3 heterocycles. The van der Waals surface area contributed by atoms with E-state index in [1.807, 2.05) is 29.2 Å². The Morgan fingerprint density at radius 1 is 1.12 bits per heavy atom. The zero-order chi connectivity index (χ0) is 22.5. The van der Waals surface area contributed by atoms with E-state index in [1.54, 1.807) is 18.3 Å². The van der Waals surface area contributed by atoms with Gasteiger partial charge in [0.05, 0.1) is 18.8 Å². The molecular formula is C25H32N4O3. The number of benzene rings is 1. The smallest absolute Gasteiger partial charge is 0.248 e. The molecule has 1 aromatic carbocycles. The van der Waals surface area contributed by atoms with Gasteiger partial charge in [0.1, 0.15) is 6.10 Å². The van der Waals surface area contributed by atoms with Gasteiger partial charge < -0.3 is 20.3 Å². The summed E-state index contributed by atoms with van der Waals surface area (Å²) in [5, 5.41) is 0. The minimum Gasteiger partial charge on any atom is -0.368 e.